The van der Waals surface area contributed by atoms with Gasteiger partial charge < -0.3 is 15.5 Å². The molecule has 312 valence electrons. The molecular weight excluding hydrogens is 781 g/mol. The highest BCUT2D eigenvalue weighted by atomic mass is 16.4. The number of hydrogen-bond donors (Lipinski definition) is 3. The third kappa shape index (κ3) is 9.19. The van der Waals surface area contributed by atoms with E-state index in [0.29, 0.717) is 16.8 Å². The van der Waals surface area contributed by atoms with Gasteiger partial charge in [0.2, 0.25) is 0 Å². The van der Waals surface area contributed by atoms with Gasteiger partial charge in [-0.25, -0.2) is 9.59 Å². The lowest BCUT2D eigenvalue weighted by Crippen LogP contribution is -2.23. The van der Waals surface area contributed by atoms with Crippen LogP contribution in [0.3, 0.4) is 0 Å². The predicted molar refractivity (Wildman–Crippen MR) is 254 cm³/mol. The van der Waals surface area contributed by atoms with Gasteiger partial charge in [-0.1, -0.05) is 131 Å². The number of carboxylic acid groups (broad SMARTS) is 2. The summed E-state index contributed by atoms with van der Waals surface area (Å²) >= 11 is 0. The second kappa shape index (κ2) is 17.4. The minimum atomic E-state index is -1.00. The number of fused-ring (bicyclic) bond motifs is 3. The summed E-state index contributed by atoms with van der Waals surface area (Å²) in [5.41, 5.74) is 14.2. The van der Waals surface area contributed by atoms with Crippen LogP contribution in [-0.4, -0.2) is 33.0 Å². The van der Waals surface area contributed by atoms with Gasteiger partial charge in [0.25, 0.3) is 5.91 Å². The number of para-hydroxylation sites is 1. The number of hydrogen-bond acceptors (Lipinski definition) is 4. The van der Waals surface area contributed by atoms with Crippen LogP contribution in [0.1, 0.15) is 116 Å². The van der Waals surface area contributed by atoms with Gasteiger partial charge in [0.15, 0.2) is 0 Å². The Morgan fingerprint density at radius 1 is 0.556 bits per heavy atom. The van der Waals surface area contributed by atoms with E-state index in [1.54, 1.807) is 24.3 Å². The van der Waals surface area contributed by atoms with Crippen LogP contribution in [0.2, 0.25) is 0 Å². The highest BCUT2D eigenvalue weighted by Crippen LogP contribution is 2.43. The number of rotatable bonds is 8. The molecule has 7 nitrogen and oxygen atoms in total. The molecule has 0 bridgehead atoms. The summed E-state index contributed by atoms with van der Waals surface area (Å²) < 4.78 is 0. The topological polar surface area (TPSA) is 117 Å². The molecule has 0 fully saturated rings. The molecule has 0 saturated carbocycles. The smallest absolute Gasteiger partial charge is 0.335 e. The monoisotopic (exact) mass is 828 g/mol. The number of benzene rings is 6. The van der Waals surface area contributed by atoms with Crippen molar-refractivity contribution in [3.05, 3.63) is 225 Å². The van der Waals surface area contributed by atoms with E-state index in [4.69, 9.17) is 10.2 Å². The Labute approximate surface area is 367 Å². The fraction of sp³-hybridized carbons (Fsp3) is 0.143. The highest BCUT2D eigenvalue weighted by Gasteiger charge is 2.30. The van der Waals surface area contributed by atoms with Crippen LogP contribution in [0.25, 0.3) is 34.2 Å². The van der Waals surface area contributed by atoms with E-state index in [9.17, 15) is 14.4 Å². The summed E-state index contributed by atoms with van der Waals surface area (Å²) in [4.78, 5) is 39.7. The lowest BCUT2D eigenvalue weighted by molar-refractivity contribution is 0.0686. The first-order chi connectivity index (χ1) is 30.3. The second-order valence-electron chi connectivity index (χ2n) is 17.4. The maximum absolute atomic E-state index is 13.0. The number of amides is 1. The normalized spacial score (nSPS) is 14.6. The zero-order chi connectivity index (χ0) is 44.3. The molecule has 3 N–H and O–H groups in total. The Balaban J connectivity index is 0.000000175. The average molecular weight is 829 g/mol. The molecule has 6 aromatic carbocycles. The fourth-order valence-electron chi connectivity index (χ4n) is 8.34. The van der Waals surface area contributed by atoms with Crippen molar-refractivity contribution in [1.82, 2.24) is 4.98 Å². The summed E-state index contributed by atoms with van der Waals surface area (Å²) in [5, 5.41) is 22.0. The van der Waals surface area contributed by atoms with Crippen LogP contribution in [0, 0.1) is 0 Å². The van der Waals surface area contributed by atoms with Crippen molar-refractivity contribution in [3.63, 3.8) is 0 Å². The number of aromatic carboxylic acids is 2. The van der Waals surface area contributed by atoms with E-state index in [1.807, 2.05) is 66.9 Å². The van der Waals surface area contributed by atoms with Crippen LogP contribution in [0.4, 0.5) is 5.69 Å². The Morgan fingerprint density at radius 3 is 1.73 bits per heavy atom. The van der Waals surface area contributed by atoms with E-state index in [2.05, 4.69) is 111 Å². The van der Waals surface area contributed by atoms with Crippen molar-refractivity contribution < 1.29 is 24.6 Å². The molecule has 1 heterocycles. The van der Waals surface area contributed by atoms with Gasteiger partial charge in [-0.2, -0.15) is 0 Å². The van der Waals surface area contributed by atoms with Crippen molar-refractivity contribution in [2.75, 3.05) is 5.32 Å². The van der Waals surface area contributed by atoms with Gasteiger partial charge in [0.1, 0.15) is 0 Å². The molecular formula is C56H48N2O5. The van der Waals surface area contributed by atoms with E-state index in [0.717, 1.165) is 51.6 Å². The molecule has 0 unspecified atom stereocenters. The first-order valence-electron chi connectivity index (χ1n) is 21.0. The molecule has 1 aromatic heterocycles. The second-order valence-corrected chi connectivity index (χ2v) is 17.4. The number of carboxylic acids is 2. The summed E-state index contributed by atoms with van der Waals surface area (Å²) in [6.45, 7) is 9.01. The molecule has 7 heteroatoms. The quantitative estimate of drug-likeness (QED) is 0.131. The minimum absolute atomic E-state index is 0.0508. The van der Waals surface area contributed by atoms with Crippen LogP contribution in [-0.2, 0) is 10.8 Å². The van der Waals surface area contributed by atoms with Crippen molar-refractivity contribution in [1.29, 1.82) is 0 Å². The van der Waals surface area contributed by atoms with E-state index >= 15 is 0 Å². The first kappa shape index (κ1) is 42.1. The molecule has 2 aliphatic rings. The fourth-order valence-corrected chi connectivity index (χ4v) is 8.34. The third-order valence-electron chi connectivity index (χ3n) is 12.0. The van der Waals surface area contributed by atoms with E-state index in [1.165, 1.54) is 40.0 Å². The van der Waals surface area contributed by atoms with Gasteiger partial charge in [0.05, 0.1) is 16.6 Å². The van der Waals surface area contributed by atoms with Gasteiger partial charge >= 0.3 is 11.9 Å². The van der Waals surface area contributed by atoms with Crippen LogP contribution in [0.5, 0.6) is 0 Å². The first-order valence-corrected chi connectivity index (χ1v) is 21.0. The van der Waals surface area contributed by atoms with Gasteiger partial charge in [-0.05, 0) is 140 Å². The maximum Gasteiger partial charge on any atom is 0.335 e. The molecule has 0 saturated heterocycles. The summed E-state index contributed by atoms with van der Waals surface area (Å²) in [6.07, 6.45) is 12.5. The number of carbonyl (C=O) groups is 3. The SMILES string of the molecule is CC1(C)CC=C(c2ccccc2)c2cc(/C=C/c3ccc(C(=O)O)cc3)ccc21.CC1(C)CC=C(c2cnc3ccccc3c2)c2cc(C(=O)Nc3ccc(C(=O)O)cc3)ccc21. The number of pyridine rings is 1. The molecule has 2 aliphatic carbocycles. The Kier molecular flexibility index (Phi) is 11.6. The number of carbonyl (C=O) groups excluding carboxylic acids is 1. The lowest BCUT2D eigenvalue weighted by Gasteiger charge is -2.32. The third-order valence-corrected chi connectivity index (χ3v) is 12.0. The molecule has 0 atom stereocenters. The van der Waals surface area contributed by atoms with Crippen LogP contribution >= 0.6 is 0 Å². The molecule has 0 spiro atoms. The standard InChI is InChI=1S/C29H24N2O3.C27H24O2/c1-29(2)14-13-23(21-15-19-5-3-4-6-26(19)30-17-21)24-16-20(9-12-25(24)29)27(32)31-22-10-7-18(8-11-22)28(33)34;1-27(2)17-16-23(21-6-4-3-5-7-21)24-18-20(12-15-25(24)27)9-8-19-10-13-22(14-11-19)26(28)29/h3-13,15-17H,14H2,1-2H3,(H,31,32)(H,33,34);3-16,18H,17H2,1-2H3,(H,28,29)/b;9-8+. The van der Waals surface area contributed by atoms with E-state index < -0.39 is 11.9 Å². The molecule has 1 amide bonds. The molecule has 0 radical (unpaired) electrons. The van der Waals surface area contributed by atoms with E-state index in [-0.39, 0.29) is 22.3 Å². The van der Waals surface area contributed by atoms with Gasteiger partial charge in [-0.15, -0.1) is 0 Å². The van der Waals surface area contributed by atoms with Crippen molar-refractivity contribution in [3.8, 4) is 0 Å². The number of nitrogens with one attached hydrogen (secondary N) is 1. The Bertz CT molecular complexity index is 2980. The minimum Gasteiger partial charge on any atom is -0.478 e. The zero-order valence-corrected chi connectivity index (χ0v) is 35.7. The lowest BCUT2D eigenvalue weighted by atomic mass is 9.72. The predicted octanol–water partition coefficient (Wildman–Crippen LogP) is 13.0. The van der Waals surface area contributed by atoms with Crippen molar-refractivity contribution in [2.24, 2.45) is 0 Å². The summed E-state index contributed by atoms with van der Waals surface area (Å²) in [5.74, 6) is -2.15. The van der Waals surface area contributed by atoms with Gasteiger partial charge in [-0.3, -0.25) is 9.78 Å². The number of anilines is 1. The van der Waals surface area contributed by atoms with Crippen LogP contribution < -0.4 is 5.32 Å². The molecule has 0 aliphatic heterocycles. The number of nitrogens with zero attached hydrogens (tertiary/aromatic N) is 1. The summed E-state index contributed by atoms with van der Waals surface area (Å²) in [6, 6.07) is 46.3. The zero-order valence-electron chi connectivity index (χ0n) is 35.7. The Hall–Kier alpha value is -7.64. The van der Waals surface area contributed by atoms with Crippen LogP contribution in [0.15, 0.2) is 164 Å². The number of allylic oxidation sites excluding steroid dienone is 2. The summed E-state index contributed by atoms with van der Waals surface area (Å²) in [7, 11) is 0. The maximum atomic E-state index is 13.0. The average Bonchev–Trinajstić information content (AvgIpc) is 3.29. The molecule has 9 rings (SSSR count). The number of aromatic nitrogens is 1. The van der Waals surface area contributed by atoms with Crippen molar-refractivity contribution >= 4 is 57.7 Å². The molecule has 7 aromatic rings. The Morgan fingerprint density at radius 2 is 1.08 bits per heavy atom. The largest absolute Gasteiger partial charge is 0.478 e. The van der Waals surface area contributed by atoms with Gasteiger partial charge in [0, 0.05) is 28.4 Å². The molecule has 63 heavy (non-hydrogen) atoms. The highest BCUT2D eigenvalue weighted by molar-refractivity contribution is 6.05. The van der Waals surface area contributed by atoms with Crippen molar-refractivity contribution in [2.45, 2.75) is 51.4 Å².